The largest absolute Gasteiger partial charge is 0.478 e. The first-order valence-corrected chi connectivity index (χ1v) is 11.2. The molecule has 0 amide bonds. The van der Waals surface area contributed by atoms with Gasteiger partial charge in [0.05, 0.1) is 33.4 Å². The molecule has 3 aromatic carbocycles. The van der Waals surface area contributed by atoms with Crippen molar-refractivity contribution in [2.24, 2.45) is 0 Å². The maximum atomic E-state index is 12.7. The lowest BCUT2D eigenvalue weighted by molar-refractivity contribution is 0.0648. The van der Waals surface area contributed by atoms with E-state index in [2.05, 4.69) is 0 Å². The Morgan fingerprint density at radius 1 is 0.564 bits per heavy atom. The van der Waals surface area contributed by atoms with Crippen molar-refractivity contribution in [2.75, 3.05) is 0 Å². The monoisotopic (exact) mass is 534 g/mol. The average molecular weight is 534 g/mol. The first-order chi connectivity index (χ1) is 18.3. The van der Waals surface area contributed by atoms with Crippen LogP contribution in [-0.4, -0.2) is 66.5 Å². The third-order valence-corrected chi connectivity index (χ3v) is 6.63. The second-order valence-electron chi connectivity index (χ2n) is 8.78. The van der Waals surface area contributed by atoms with Crippen LogP contribution in [-0.2, 0) is 6.42 Å². The van der Waals surface area contributed by atoms with Crippen LogP contribution in [0.5, 0.6) is 0 Å². The average Bonchev–Trinajstić information content (AvgIpc) is 2.85. The molecular formula is C27H18O12. The molecule has 3 aromatic rings. The quantitative estimate of drug-likeness (QED) is 0.242. The molecule has 0 bridgehead atoms. The highest BCUT2D eigenvalue weighted by atomic mass is 16.4. The molecule has 6 N–H and O–H groups in total. The molecule has 0 saturated heterocycles. The number of carbonyl (C=O) groups is 6. The van der Waals surface area contributed by atoms with E-state index in [9.17, 15) is 59.4 Å². The third-order valence-electron chi connectivity index (χ3n) is 6.63. The van der Waals surface area contributed by atoms with Gasteiger partial charge in [0.25, 0.3) is 0 Å². The van der Waals surface area contributed by atoms with Crippen molar-refractivity contribution in [3.63, 3.8) is 0 Å². The van der Waals surface area contributed by atoms with Gasteiger partial charge in [-0.2, -0.15) is 0 Å². The van der Waals surface area contributed by atoms with E-state index in [-0.39, 0.29) is 28.7 Å². The Kier molecular flexibility index (Phi) is 6.40. The predicted molar refractivity (Wildman–Crippen MR) is 131 cm³/mol. The second-order valence-corrected chi connectivity index (χ2v) is 8.78. The lowest BCUT2D eigenvalue weighted by atomic mass is 9.67. The molecule has 0 aromatic heterocycles. The van der Waals surface area contributed by atoms with Crippen molar-refractivity contribution in [1.82, 2.24) is 0 Å². The highest BCUT2D eigenvalue weighted by molar-refractivity contribution is 6.17. The summed E-state index contributed by atoms with van der Waals surface area (Å²) in [5.41, 5.74) is -5.78. The molecule has 4 rings (SSSR count). The van der Waals surface area contributed by atoms with Crippen LogP contribution in [0, 0.1) is 0 Å². The van der Waals surface area contributed by atoms with E-state index in [0.717, 1.165) is 24.3 Å². The van der Waals surface area contributed by atoms with Gasteiger partial charge in [0, 0.05) is 5.56 Å². The van der Waals surface area contributed by atoms with Gasteiger partial charge in [0.1, 0.15) is 0 Å². The summed E-state index contributed by atoms with van der Waals surface area (Å²) in [5.74, 6) is -10.7. The zero-order chi connectivity index (χ0) is 28.9. The predicted octanol–water partition coefficient (Wildman–Crippen LogP) is 3.87. The summed E-state index contributed by atoms with van der Waals surface area (Å²) >= 11 is 0. The molecule has 0 radical (unpaired) electrons. The number of hydrogen-bond donors (Lipinski definition) is 6. The van der Waals surface area contributed by atoms with Gasteiger partial charge in [0.2, 0.25) is 0 Å². The molecule has 1 aliphatic carbocycles. The molecule has 0 aliphatic heterocycles. The van der Waals surface area contributed by atoms with Crippen LogP contribution in [0.4, 0.5) is 0 Å². The van der Waals surface area contributed by atoms with E-state index in [1.165, 1.54) is 12.1 Å². The summed E-state index contributed by atoms with van der Waals surface area (Å²) < 4.78 is 0. The Hall–Kier alpha value is -5.52. The Bertz CT molecular complexity index is 1660. The van der Waals surface area contributed by atoms with Gasteiger partial charge in [-0.15, -0.1) is 0 Å². The maximum absolute atomic E-state index is 12.7. The van der Waals surface area contributed by atoms with Gasteiger partial charge in [0.15, 0.2) is 0 Å². The van der Waals surface area contributed by atoms with Crippen LogP contribution in [0.15, 0.2) is 36.4 Å². The van der Waals surface area contributed by atoms with Gasteiger partial charge >= 0.3 is 35.8 Å². The van der Waals surface area contributed by atoms with Crippen LogP contribution < -0.4 is 0 Å². The molecule has 198 valence electrons. The van der Waals surface area contributed by atoms with E-state index in [1.807, 2.05) is 0 Å². The van der Waals surface area contributed by atoms with Crippen molar-refractivity contribution in [3.8, 4) is 22.3 Å². The fraction of sp³-hybridized carbons (Fsp3) is 0.111. The summed E-state index contributed by atoms with van der Waals surface area (Å²) in [5, 5.41) is 59.5. The molecule has 1 unspecified atom stereocenters. The standard InChI is InChI=1S/C27H18O12/c1-9-8-14-15(9)20(26(36)37)21(27(38)39)19(11-5-3-7-13(23(30)31)18(11)25(34)35)16(14)10-4-2-6-12(22(28)29)17(10)24(32)33/h2-7,9H,8H2,1H3,(H,28,29)(H,30,31)(H,32,33)(H,34,35)(H,36,37)(H,38,39). The summed E-state index contributed by atoms with van der Waals surface area (Å²) in [7, 11) is 0. The summed E-state index contributed by atoms with van der Waals surface area (Å²) in [6, 6.07) is 6.61. The first-order valence-electron chi connectivity index (χ1n) is 11.2. The van der Waals surface area contributed by atoms with Crippen molar-refractivity contribution in [2.45, 2.75) is 19.3 Å². The van der Waals surface area contributed by atoms with Crippen molar-refractivity contribution in [3.05, 3.63) is 80.9 Å². The van der Waals surface area contributed by atoms with Crippen LogP contribution >= 0.6 is 0 Å². The Balaban J connectivity index is 2.38. The van der Waals surface area contributed by atoms with E-state index in [4.69, 9.17) is 0 Å². The molecule has 1 aliphatic rings. The molecular weight excluding hydrogens is 516 g/mol. The Labute approximate surface area is 218 Å². The smallest absolute Gasteiger partial charge is 0.337 e. The number of rotatable bonds is 8. The minimum atomic E-state index is -1.80. The minimum Gasteiger partial charge on any atom is -0.478 e. The van der Waals surface area contributed by atoms with Gasteiger partial charge < -0.3 is 30.6 Å². The number of benzene rings is 3. The van der Waals surface area contributed by atoms with Gasteiger partial charge in [-0.25, -0.2) is 28.8 Å². The molecule has 0 spiro atoms. The first kappa shape index (κ1) is 26.5. The molecule has 0 fully saturated rings. The zero-order valence-corrected chi connectivity index (χ0v) is 19.9. The fourth-order valence-corrected chi connectivity index (χ4v) is 5.20. The van der Waals surface area contributed by atoms with Crippen LogP contribution in [0.1, 0.15) is 86.1 Å². The second kappa shape index (κ2) is 9.41. The number of aromatic carboxylic acids is 6. The zero-order valence-electron chi connectivity index (χ0n) is 19.9. The highest BCUT2D eigenvalue weighted by Gasteiger charge is 2.41. The van der Waals surface area contributed by atoms with E-state index >= 15 is 0 Å². The lowest BCUT2D eigenvalue weighted by Gasteiger charge is -2.35. The number of hydrogen-bond acceptors (Lipinski definition) is 6. The molecule has 12 nitrogen and oxygen atoms in total. The number of carboxylic acids is 6. The van der Waals surface area contributed by atoms with E-state index in [1.54, 1.807) is 6.92 Å². The van der Waals surface area contributed by atoms with Crippen molar-refractivity contribution in [1.29, 1.82) is 0 Å². The Morgan fingerprint density at radius 3 is 1.33 bits per heavy atom. The normalized spacial score (nSPS) is 13.6. The number of fused-ring (bicyclic) bond motifs is 1. The lowest BCUT2D eigenvalue weighted by Crippen LogP contribution is -2.26. The minimum absolute atomic E-state index is 0.0713. The fourth-order valence-electron chi connectivity index (χ4n) is 5.20. The van der Waals surface area contributed by atoms with Crippen LogP contribution in [0.25, 0.3) is 22.3 Å². The molecule has 12 heteroatoms. The number of carboxylic acid groups (broad SMARTS) is 6. The Morgan fingerprint density at radius 2 is 0.974 bits per heavy atom. The van der Waals surface area contributed by atoms with Gasteiger partial charge in [-0.05, 0) is 52.3 Å². The SMILES string of the molecule is CC1Cc2c(-c3cccc(C(=O)O)c3C(=O)O)c(-c3cccc(C(=O)O)c3C(=O)O)c(C(=O)O)c(C(=O)O)c21. The van der Waals surface area contributed by atoms with Gasteiger partial charge in [-0.3, -0.25) is 0 Å². The molecule has 39 heavy (non-hydrogen) atoms. The van der Waals surface area contributed by atoms with E-state index in [0.29, 0.717) is 0 Å². The summed E-state index contributed by atoms with van der Waals surface area (Å²) in [4.78, 5) is 73.4. The van der Waals surface area contributed by atoms with Crippen molar-refractivity contribution >= 4 is 35.8 Å². The van der Waals surface area contributed by atoms with E-state index < -0.39 is 86.2 Å². The van der Waals surface area contributed by atoms with Crippen LogP contribution in [0.2, 0.25) is 0 Å². The van der Waals surface area contributed by atoms with Crippen LogP contribution in [0.3, 0.4) is 0 Å². The molecule has 0 heterocycles. The van der Waals surface area contributed by atoms with Crippen molar-refractivity contribution < 1.29 is 59.4 Å². The topological polar surface area (TPSA) is 224 Å². The van der Waals surface area contributed by atoms with Gasteiger partial charge in [-0.1, -0.05) is 31.2 Å². The molecule has 1 atom stereocenters. The summed E-state index contributed by atoms with van der Waals surface area (Å²) in [6.45, 7) is 1.61. The third kappa shape index (κ3) is 4.03. The maximum Gasteiger partial charge on any atom is 0.337 e. The summed E-state index contributed by atoms with van der Waals surface area (Å²) in [6.07, 6.45) is 0.120. The molecule has 0 saturated carbocycles. The highest BCUT2D eigenvalue weighted by Crippen LogP contribution is 2.52.